The van der Waals surface area contributed by atoms with Gasteiger partial charge in [0.1, 0.15) is 23.7 Å². The molecule has 1 atom stereocenters. The van der Waals surface area contributed by atoms with Crippen molar-refractivity contribution < 1.29 is 19.4 Å². The Morgan fingerprint density at radius 3 is 2.89 bits per heavy atom. The third kappa shape index (κ3) is 3.77. The smallest absolute Gasteiger partial charge is 0.303 e. The third-order valence-electron chi connectivity index (χ3n) is 5.33. The summed E-state index contributed by atoms with van der Waals surface area (Å²) in [6, 6.07) is 9.83. The molecule has 4 rings (SSSR count). The van der Waals surface area contributed by atoms with Gasteiger partial charge in [-0.3, -0.25) is 4.79 Å². The first-order chi connectivity index (χ1) is 12.8. The molecule has 1 aliphatic heterocycles. The molecule has 4 nitrogen and oxygen atoms in total. The quantitative estimate of drug-likeness (QED) is 0.773. The Morgan fingerprint density at radius 2 is 2.11 bits per heavy atom. The fourth-order valence-electron chi connectivity index (χ4n) is 4.21. The number of carbonyl (C=O) groups is 1. The van der Waals surface area contributed by atoms with Gasteiger partial charge in [-0.25, -0.2) is 0 Å². The summed E-state index contributed by atoms with van der Waals surface area (Å²) in [6.45, 7) is 4.52. The lowest BCUT2D eigenvalue weighted by molar-refractivity contribution is -0.137. The van der Waals surface area contributed by atoms with Gasteiger partial charge in [-0.1, -0.05) is 17.7 Å². The fourth-order valence-corrected chi connectivity index (χ4v) is 4.47. The van der Waals surface area contributed by atoms with Crippen LogP contribution in [0, 0.1) is 0 Å². The maximum absolute atomic E-state index is 11.0. The zero-order chi connectivity index (χ0) is 19.2. The number of aliphatic carboxylic acids is 1. The number of hydrogen-bond acceptors (Lipinski definition) is 3. The van der Waals surface area contributed by atoms with Crippen LogP contribution in [0.2, 0.25) is 5.02 Å². The molecule has 0 radical (unpaired) electrons. The molecule has 0 saturated heterocycles. The molecular formula is C22H23ClO4. The van der Waals surface area contributed by atoms with Crippen molar-refractivity contribution in [2.75, 3.05) is 0 Å². The van der Waals surface area contributed by atoms with Gasteiger partial charge < -0.3 is 14.6 Å². The lowest BCUT2D eigenvalue weighted by atomic mass is 9.98. The van der Waals surface area contributed by atoms with Crippen molar-refractivity contribution in [3.8, 4) is 11.5 Å². The number of halogens is 1. The van der Waals surface area contributed by atoms with Crippen LogP contribution in [0.15, 0.2) is 30.3 Å². The van der Waals surface area contributed by atoms with Crippen molar-refractivity contribution in [2.45, 2.75) is 57.7 Å². The summed E-state index contributed by atoms with van der Waals surface area (Å²) in [7, 11) is 0. The molecule has 0 saturated carbocycles. The Labute approximate surface area is 164 Å². The van der Waals surface area contributed by atoms with Crippen LogP contribution >= 0.6 is 11.6 Å². The number of benzene rings is 2. The van der Waals surface area contributed by atoms with Gasteiger partial charge in [-0.15, -0.1) is 0 Å². The number of carboxylic acids is 1. The number of rotatable bonds is 5. The van der Waals surface area contributed by atoms with E-state index in [0.29, 0.717) is 11.6 Å². The summed E-state index contributed by atoms with van der Waals surface area (Å²) in [5.41, 5.74) is 4.17. The molecule has 0 fully saturated rings. The predicted octanol–water partition coefficient (Wildman–Crippen LogP) is 5.14. The van der Waals surface area contributed by atoms with Crippen LogP contribution < -0.4 is 9.47 Å². The number of aryl methyl sites for hydroxylation is 1. The van der Waals surface area contributed by atoms with E-state index < -0.39 is 5.97 Å². The first-order valence-corrected chi connectivity index (χ1v) is 9.66. The minimum absolute atomic E-state index is 0.110. The Morgan fingerprint density at radius 1 is 1.30 bits per heavy atom. The van der Waals surface area contributed by atoms with Crippen molar-refractivity contribution in [2.24, 2.45) is 0 Å². The summed E-state index contributed by atoms with van der Waals surface area (Å²) < 4.78 is 12.1. The SMILES string of the molecule is CC1(C)Cc2cc(Cl)cc(COc3ccc4c(c3)CC[C@H]4CC(=O)O)c2O1. The molecule has 1 aliphatic carbocycles. The van der Waals surface area contributed by atoms with E-state index in [1.165, 1.54) is 5.56 Å². The Bertz CT molecular complexity index is 903. The highest BCUT2D eigenvalue weighted by atomic mass is 35.5. The van der Waals surface area contributed by atoms with Crippen molar-refractivity contribution in [1.29, 1.82) is 0 Å². The van der Waals surface area contributed by atoms with Gasteiger partial charge in [0.25, 0.3) is 0 Å². The molecular weight excluding hydrogens is 364 g/mol. The average molecular weight is 387 g/mol. The maximum Gasteiger partial charge on any atom is 0.303 e. The molecule has 0 unspecified atom stereocenters. The Kier molecular flexibility index (Phi) is 4.55. The van der Waals surface area contributed by atoms with E-state index >= 15 is 0 Å². The summed E-state index contributed by atoms with van der Waals surface area (Å²) >= 11 is 6.28. The molecule has 27 heavy (non-hydrogen) atoms. The first kappa shape index (κ1) is 18.2. The summed E-state index contributed by atoms with van der Waals surface area (Å²) in [4.78, 5) is 11.0. The van der Waals surface area contributed by atoms with Crippen molar-refractivity contribution in [1.82, 2.24) is 0 Å². The van der Waals surface area contributed by atoms with Crippen molar-refractivity contribution in [3.63, 3.8) is 0 Å². The van der Waals surface area contributed by atoms with E-state index in [1.807, 2.05) is 30.3 Å². The zero-order valence-corrected chi connectivity index (χ0v) is 16.3. The lowest BCUT2D eigenvalue weighted by Crippen LogP contribution is -2.25. The van der Waals surface area contributed by atoms with Crippen LogP contribution in [0.5, 0.6) is 11.5 Å². The highest BCUT2D eigenvalue weighted by Gasteiger charge is 2.32. The number of hydrogen-bond donors (Lipinski definition) is 1. The minimum atomic E-state index is -0.745. The molecule has 142 valence electrons. The van der Waals surface area contributed by atoms with E-state index in [9.17, 15) is 4.79 Å². The fraction of sp³-hybridized carbons (Fsp3) is 0.409. The van der Waals surface area contributed by atoms with E-state index in [4.69, 9.17) is 26.2 Å². The molecule has 0 bridgehead atoms. The molecule has 5 heteroatoms. The molecule has 2 aliphatic rings. The molecule has 1 heterocycles. The Hall–Kier alpha value is -2.20. The van der Waals surface area contributed by atoms with Crippen molar-refractivity contribution >= 4 is 17.6 Å². The lowest BCUT2D eigenvalue weighted by Gasteiger charge is -2.18. The molecule has 0 spiro atoms. The van der Waals surface area contributed by atoms with Gasteiger partial charge in [-0.2, -0.15) is 0 Å². The van der Waals surface area contributed by atoms with Gasteiger partial charge in [0.05, 0.1) is 6.42 Å². The first-order valence-electron chi connectivity index (χ1n) is 9.28. The highest BCUT2D eigenvalue weighted by Crippen LogP contribution is 2.41. The summed E-state index contributed by atoms with van der Waals surface area (Å²) in [5, 5.41) is 9.75. The monoisotopic (exact) mass is 386 g/mol. The second kappa shape index (κ2) is 6.75. The van der Waals surface area contributed by atoms with Crippen LogP contribution in [0.1, 0.15) is 54.9 Å². The van der Waals surface area contributed by atoms with Crippen molar-refractivity contribution in [3.05, 3.63) is 57.6 Å². The van der Waals surface area contributed by atoms with E-state index in [2.05, 4.69) is 13.8 Å². The van der Waals surface area contributed by atoms with Crippen LogP contribution in [-0.4, -0.2) is 16.7 Å². The zero-order valence-electron chi connectivity index (χ0n) is 15.5. The molecule has 2 aromatic rings. The van der Waals surface area contributed by atoms with E-state index in [-0.39, 0.29) is 17.9 Å². The normalized spacial score (nSPS) is 19.3. The van der Waals surface area contributed by atoms with Gasteiger partial charge >= 0.3 is 5.97 Å². The van der Waals surface area contributed by atoms with Gasteiger partial charge in [0.15, 0.2) is 0 Å². The van der Waals surface area contributed by atoms with Gasteiger partial charge in [-0.05, 0) is 73.6 Å². The van der Waals surface area contributed by atoms with Crippen LogP contribution in [-0.2, 0) is 24.2 Å². The van der Waals surface area contributed by atoms with Gasteiger partial charge in [0, 0.05) is 17.0 Å². The minimum Gasteiger partial charge on any atom is -0.489 e. The van der Waals surface area contributed by atoms with Crippen LogP contribution in [0.3, 0.4) is 0 Å². The average Bonchev–Trinajstić information content (AvgIpc) is 3.11. The second-order valence-corrected chi connectivity index (χ2v) is 8.51. The predicted molar refractivity (Wildman–Crippen MR) is 104 cm³/mol. The number of ether oxygens (including phenoxy) is 2. The van der Waals surface area contributed by atoms with E-state index in [0.717, 1.165) is 47.5 Å². The number of fused-ring (bicyclic) bond motifs is 2. The topological polar surface area (TPSA) is 55.8 Å². The van der Waals surface area contributed by atoms with Crippen LogP contribution in [0.4, 0.5) is 0 Å². The second-order valence-electron chi connectivity index (χ2n) is 8.07. The maximum atomic E-state index is 11.0. The molecule has 0 aromatic heterocycles. The highest BCUT2D eigenvalue weighted by molar-refractivity contribution is 6.30. The standard InChI is InChI=1S/C22H23ClO4/c1-22(2)11-15-7-17(23)8-16(21(15)27-22)12-26-18-5-6-19-13(9-18)3-4-14(19)10-20(24)25/h5-9,14H,3-4,10-12H2,1-2H3,(H,24,25)/t14-/m0/s1. The van der Waals surface area contributed by atoms with Crippen LogP contribution in [0.25, 0.3) is 0 Å². The Balaban J connectivity index is 1.50. The third-order valence-corrected chi connectivity index (χ3v) is 5.55. The van der Waals surface area contributed by atoms with Gasteiger partial charge in [0.2, 0.25) is 0 Å². The summed E-state index contributed by atoms with van der Waals surface area (Å²) in [6.07, 6.45) is 2.80. The summed E-state index contributed by atoms with van der Waals surface area (Å²) in [5.74, 6) is 1.03. The largest absolute Gasteiger partial charge is 0.489 e. The molecule has 0 amide bonds. The number of carboxylic acid groups (broad SMARTS) is 1. The molecule has 2 aromatic carbocycles. The van der Waals surface area contributed by atoms with E-state index in [1.54, 1.807) is 0 Å². The molecule has 1 N–H and O–H groups in total.